The molecule has 0 saturated carbocycles. The second-order valence-corrected chi connectivity index (χ2v) is 4.73. The van der Waals surface area contributed by atoms with E-state index >= 15 is 0 Å². The summed E-state index contributed by atoms with van der Waals surface area (Å²) in [6, 6.07) is 4.88. The third-order valence-electron chi connectivity index (χ3n) is 2.39. The van der Waals surface area contributed by atoms with E-state index in [0.29, 0.717) is 0 Å². The van der Waals surface area contributed by atoms with E-state index < -0.39 is 0 Å². The SMILES string of the molecule is CCn1cc(CSc2ccc(N)c(F)c2)cn1. The van der Waals surface area contributed by atoms with Crippen LogP contribution in [0.25, 0.3) is 0 Å². The number of nitrogen functional groups attached to an aromatic ring is 1. The third kappa shape index (κ3) is 3.00. The molecule has 5 heteroatoms. The van der Waals surface area contributed by atoms with E-state index in [-0.39, 0.29) is 11.5 Å². The number of rotatable bonds is 4. The minimum absolute atomic E-state index is 0.188. The highest BCUT2D eigenvalue weighted by Crippen LogP contribution is 2.25. The molecule has 17 heavy (non-hydrogen) atoms. The maximum Gasteiger partial charge on any atom is 0.147 e. The number of benzene rings is 1. The molecule has 2 aromatic rings. The Kier molecular flexibility index (Phi) is 3.68. The largest absolute Gasteiger partial charge is 0.396 e. The highest BCUT2D eigenvalue weighted by Gasteiger charge is 2.02. The van der Waals surface area contributed by atoms with Crippen molar-refractivity contribution < 1.29 is 4.39 Å². The first-order valence-corrected chi connectivity index (χ1v) is 6.36. The fraction of sp³-hybridized carbons (Fsp3) is 0.250. The Labute approximate surface area is 104 Å². The van der Waals surface area contributed by atoms with Gasteiger partial charge in [0, 0.05) is 29.0 Å². The van der Waals surface area contributed by atoms with Crippen molar-refractivity contribution in [1.29, 1.82) is 0 Å². The number of nitrogens with two attached hydrogens (primary N) is 1. The van der Waals surface area contributed by atoms with Crippen molar-refractivity contribution in [3.8, 4) is 0 Å². The molecule has 3 nitrogen and oxygen atoms in total. The van der Waals surface area contributed by atoms with E-state index in [0.717, 1.165) is 22.8 Å². The highest BCUT2D eigenvalue weighted by atomic mass is 32.2. The number of thioether (sulfide) groups is 1. The molecule has 0 radical (unpaired) electrons. The molecule has 0 amide bonds. The summed E-state index contributed by atoms with van der Waals surface area (Å²) in [6.45, 7) is 2.90. The highest BCUT2D eigenvalue weighted by molar-refractivity contribution is 7.98. The Morgan fingerprint density at radius 2 is 2.29 bits per heavy atom. The van der Waals surface area contributed by atoms with Crippen LogP contribution in [-0.4, -0.2) is 9.78 Å². The van der Waals surface area contributed by atoms with Crippen molar-refractivity contribution in [2.75, 3.05) is 5.73 Å². The Hall–Kier alpha value is -1.49. The van der Waals surface area contributed by atoms with Gasteiger partial charge in [-0.25, -0.2) is 4.39 Å². The first-order valence-electron chi connectivity index (χ1n) is 5.38. The monoisotopic (exact) mass is 251 g/mol. The molecule has 2 N–H and O–H groups in total. The van der Waals surface area contributed by atoms with Crippen LogP contribution in [0, 0.1) is 5.82 Å². The number of hydrogen-bond donors (Lipinski definition) is 1. The van der Waals surface area contributed by atoms with E-state index in [1.165, 1.54) is 6.07 Å². The summed E-state index contributed by atoms with van der Waals surface area (Å²) < 4.78 is 15.1. The van der Waals surface area contributed by atoms with Gasteiger partial charge in [0.1, 0.15) is 5.82 Å². The molecule has 2 rings (SSSR count). The summed E-state index contributed by atoms with van der Waals surface area (Å²) in [5.74, 6) is 0.419. The molecular weight excluding hydrogens is 237 g/mol. The lowest BCUT2D eigenvalue weighted by Gasteiger charge is -2.01. The molecule has 1 aromatic carbocycles. The molecule has 90 valence electrons. The summed E-state index contributed by atoms with van der Waals surface area (Å²) >= 11 is 1.57. The van der Waals surface area contributed by atoms with Gasteiger partial charge in [-0.3, -0.25) is 4.68 Å². The predicted molar refractivity (Wildman–Crippen MR) is 68.3 cm³/mol. The summed E-state index contributed by atoms with van der Waals surface area (Å²) in [4.78, 5) is 0.876. The fourth-order valence-corrected chi connectivity index (χ4v) is 2.25. The zero-order chi connectivity index (χ0) is 12.3. The molecule has 0 spiro atoms. The standard InChI is InChI=1S/C12H14FN3S/c1-2-16-7-9(6-15-16)8-17-10-3-4-12(14)11(13)5-10/h3-7H,2,8,14H2,1H3. The fourth-order valence-electron chi connectivity index (χ4n) is 1.42. The van der Waals surface area contributed by atoms with Crippen LogP contribution in [0.1, 0.15) is 12.5 Å². The molecule has 0 aliphatic rings. The lowest BCUT2D eigenvalue weighted by atomic mass is 10.3. The van der Waals surface area contributed by atoms with Gasteiger partial charge < -0.3 is 5.73 Å². The molecule has 0 atom stereocenters. The molecule has 0 fully saturated rings. The molecule has 1 heterocycles. The Bertz CT molecular complexity index is 510. The number of aryl methyl sites for hydroxylation is 1. The van der Waals surface area contributed by atoms with Crippen molar-refractivity contribution in [3.63, 3.8) is 0 Å². The van der Waals surface area contributed by atoms with Crippen molar-refractivity contribution >= 4 is 17.4 Å². The van der Waals surface area contributed by atoms with Crippen molar-refractivity contribution in [1.82, 2.24) is 9.78 Å². The van der Waals surface area contributed by atoms with Crippen LogP contribution in [0.2, 0.25) is 0 Å². The number of aromatic nitrogens is 2. The van der Waals surface area contributed by atoms with Gasteiger partial charge in [0.05, 0.1) is 11.9 Å². The van der Waals surface area contributed by atoms with Gasteiger partial charge in [-0.1, -0.05) is 0 Å². The first-order chi connectivity index (χ1) is 8.19. The zero-order valence-corrected chi connectivity index (χ0v) is 10.4. The van der Waals surface area contributed by atoms with E-state index in [1.54, 1.807) is 17.8 Å². The second-order valence-electron chi connectivity index (χ2n) is 3.68. The predicted octanol–water partition coefficient (Wildman–Crippen LogP) is 2.92. The maximum absolute atomic E-state index is 13.2. The zero-order valence-electron chi connectivity index (χ0n) is 9.56. The second kappa shape index (κ2) is 5.23. The van der Waals surface area contributed by atoms with E-state index in [2.05, 4.69) is 5.10 Å². The van der Waals surface area contributed by atoms with Gasteiger partial charge in [-0.15, -0.1) is 11.8 Å². The smallest absolute Gasteiger partial charge is 0.147 e. The Morgan fingerprint density at radius 1 is 1.47 bits per heavy atom. The third-order valence-corrected chi connectivity index (χ3v) is 3.45. The van der Waals surface area contributed by atoms with Gasteiger partial charge in [0.25, 0.3) is 0 Å². The van der Waals surface area contributed by atoms with Crippen LogP contribution in [0.15, 0.2) is 35.5 Å². The lowest BCUT2D eigenvalue weighted by molar-refractivity contribution is 0.629. The first kappa shape index (κ1) is 12.0. The van der Waals surface area contributed by atoms with E-state index in [4.69, 9.17) is 5.73 Å². The van der Waals surface area contributed by atoms with Crippen molar-refractivity contribution in [2.45, 2.75) is 24.1 Å². The minimum atomic E-state index is -0.362. The van der Waals surface area contributed by atoms with Crippen LogP contribution in [-0.2, 0) is 12.3 Å². The maximum atomic E-state index is 13.2. The summed E-state index contributed by atoms with van der Waals surface area (Å²) in [5, 5.41) is 4.19. The van der Waals surface area contributed by atoms with Gasteiger partial charge in [-0.05, 0) is 25.1 Å². The minimum Gasteiger partial charge on any atom is -0.396 e. The molecule has 0 saturated heterocycles. The van der Waals surface area contributed by atoms with E-state index in [9.17, 15) is 4.39 Å². The van der Waals surface area contributed by atoms with Gasteiger partial charge >= 0.3 is 0 Å². The summed E-state index contributed by atoms with van der Waals surface area (Å²) in [7, 11) is 0. The molecule has 0 aliphatic carbocycles. The van der Waals surface area contributed by atoms with Crippen LogP contribution in [0.4, 0.5) is 10.1 Å². The average Bonchev–Trinajstić information content (AvgIpc) is 2.79. The molecule has 0 bridgehead atoms. The van der Waals surface area contributed by atoms with Crippen LogP contribution < -0.4 is 5.73 Å². The summed E-state index contributed by atoms with van der Waals surface area (Å²) in [6.07, 6.45) is 3.84. The lowest BCUT2D eigenvalue weighted by Crippen LogP contribution is -1.92. The van der Waals surface area contributed by atoms with Crippen LogP contribution in [0.3, 0.4) is 0 Å². The van der Waals surface area contributed by atoms with Crippen molar-refractivity contribution in [3.05, 3.63) is 42.0 Å². The normalized spacial score (nSPS) is 10.7. The Balaban J connectivity index is 1.99. The van der Waals surface area contributed by atoms with Gasteiger partial charge in [0.15, 0.2) is 0 Å². The van der Waals surface area contributed by atoms with Gasteiger partial charge in [-0.2, -0.15) is 5.10 Å². The number of hydrogen-bond acceptors (Lipinski definition) is 3. The topological polar surface area (TPSA) is 43.8 Å². The summed E-state index contributed by atoms with van der Waals surface area (Å²) in [5.41, 5.74) is 6.74. The molecule has 1 aromatic heterocycles. The number of nitrogens with zero attached hydrogens (tertiary/aromatic N) is 2. The van der Waals surface area contributed by atoms with Gasteiger partial charge in [0.2, 0.25) is 0 Å². The molecular formula is C12H14FN3S. The molecule has 0 unspecified atom stereocenters. The number of halogens is 1. The van der Waals surface area contributed by atoms with Crippen LogP contribution >= 0.6 is 11.8 Å². The molecule has 0 aliphatic heterocycles. The van der Waals surface area contributed by atoms with Crippen molar-refractivity contribution in [2.24, 2.45) is 0 Å². The quantitative estimate of drug-likeness (QED) is 0.671. The van der Waals surface area contributed by atoms with E-state index in [1.807, 2.05) is 30.1 Å². The Morgan fingerprint density at radius 3 is 2.94 bits per heavy atom. The number of anilines is 1. The average molecular weight is 251 g/mol. The van der Waals surface area contributed by atoms with Crippen LogP contribution in [0.5, 0.6) is 0 Å².